The molecule has 0 bridgehead atoms. The monoisotopic (exact) mass is 516 g/mol. The molecule has 1 fully saturated rings. The number of fused-ring (bicyclic) bond motifs is 1. The Morgan fingerprint density at radius 1 is 1.10 bits per heavy atom. The van der Waals surface area contributed by atoms with Gasteiger partial charge in [0, 0.05) is 39.0 Å². The Morgan fingerprint density at radius 3 is 2.62 bits per heavy atom. The quantitative estimate of drug-likeness (QED) is 0.245. The summed E-state index contributed by atoms with van der Waals surface area (Å²) in [4.78, 5) is 4.43. The van der Waals surface area contributed by atoms with Crippen molar-refractivity contribution in [3.63, 3.8) is 0 Å². The first kappa shape index (κ1) is 24.4. The standard InChI is InChI=1S/C22H40N6.HI/c1-17(19-11-6-4-7-12-19)18(2)25-22(23-3)24-15-10-14-21-27-26-20-13-8-5-9-16-28(20)21;/h17-19H,4-16H2,1-3H3,(H2,23,24,25);1H. The topological polar surface area (TPSA) is 67.1 Å². The lowest BCUT2D eigenvalue weighted by Crippen LogP contribution is -2.46. The van der Waals surface area contributed by atoms with E-state index >= 15 is 0 Å². The highest BCUT2D eigenvalue weighted by molar-refractivity contribution is 14.0. The summed E-state index contributed by atoms with van der Waals surface area (Å²) in [7, 11) is 1.87. The summed E-state index contributed by atoms with van der Waals surface area (Å²) in [5.74, 6) is 4.81. The van der Waals surface area contributed by atoms with Crippen molar-refractivity contribution in [1.29, 1.82) is 0 Å². The number of nitrogens with zero attached hydrogens (tertiary/aromatic N) is 4. The third-order valence-corrected chi connectivity index (χ3v) is 6.83. The van der Waals surface area contributed by atoms with Crippen LogP contribution in [0.1, 0.15) is 83.3 Å². The van der Waals surface area contributed by atoms with E-state index in [0.717, 1.165) is 50.1 Å². The lowest BCUT2D eigenvalue weighted by molar-refractivity contribution is 0.229. The molecule has 2 atom stereocenters. The van der Waals surface area contributed by atoms with Crippen LogP contribution in [0.25, 0.3) is 0 Å². The molecule has 1 aromatic heterocycles. The molecule has 1 saturated carbocycles. The molecule has 3 rings (SSSR count). The molecule has 6 nitrogen and oxygen atoms in total. The maximum atomic E-state index is 4.44. The van der Waals surface area contributed by atoms with E-state index in [0.29, 0.717) is 12.0 Å². The van der Waals surface area contributed by atoms with E-state index < -0.39 is 0 Å². The van der Waals surface area contributed by atoms with Gasteiger partial charge in [0.1, 0.15) is 11.6 Å². The van der Waals surface area contributed by atoms with Crippen LogP contribution >= 0.6 is 24.0 Å². The molecule has 1 aliphatic heterocycles. The minimum absolute atomic E-state index is 0. The Hall–Kier alpha value is -0.860. The molecule has 29 heavy (non-hydrogen) atoms. The lowest BCUT2D eigenvalue weighted by Gasteiger charge is -2.32. The van der Waals surface area contributed by atoms with Crippen molar-refractivity contribution < 1.29 is 0 Å². The van der Waals surface area contributed by atoms with Crippen LogP contribution in [0, 0.1) is 11.8 Å². The van der Waals surface area contributed by atoms with Crippen molar-refractivity contribution in [2.45, 2.75) is 97.1 Å². The highest BCUT2D eigenvalue weighted by Crippen LogP contribution is 2.31. The molecule has 2 aliphatic rings. The first-order valence-corrected chi connectivity index (χ1v) is 11.6. The van der Waals surface area contributed by atoms with E-state index in [2.05, 4.69) is 44.2 Å². The van der Waals surface area contributed by atoms with Crippen molar-refractivity contribution >= 4 is 29.9 Å². The number of hydrogen-bond acceptors (Lipinski definition) is 3. The molecule has 0 amide bonds. The average molecular weight is 517 g/mol. The Bertz CT molecular complexity index is 623. The number of halogens is 1. The molecule has 0 aromatic carbocycles. The first-order chi connectivity index (χ1) is 13.7. The number of aryl methyl sites for hydroxylation is 2. The fourth-order valence-electron chi connectivity index (χ4n) is 4.79. The van der Waals surface area contributed by atoms with Gasteiger partial charge < -0.3 is 15.2 Å². The minimum Gasteiger partial charge on any atom is -0.356 e. The zero-order chi connectivity index (χ0) is 19.8. The summed E-state index contributed by atoms with van der Waals surface area (Å²) in [5.41, 5.74) is 0. The summed E-state index contributed by atoms with van der Waals surface area (Å²) >= 11 is 0. The summed E-state index contributed by atoms with van der Waals surface area (Å²) in [6, 6.07) is 0.446. The fourth-order valence-corrected chi connectivity index (χ4v) is 4.79. The summed E-state index contributed by atoms with van der Waals surface area (Å²) in [6.07, 6.45) is 13.9. The van der Waals surface area contributed by atoms with Gasteiger partial charge >= 0.3 is 0 Å². The van der Waals surface area contributed by atoms with Gasteiger partial charge in [-0.25, -0.2) is 0 Å². The van der Waals surface area contributed by atoms with Gasteiger partial charge in [-0.15, -0.1) is 34.2 Å². The maximum Gasteiger partial charge on any atom is 0.191 e. The van der Waals surface area contributed by atoms with Crippen LogP contribution in [0.5, 0.6) is 0 Å². The second-order valence-electron chi connectivity index (χ2n) is 8.79. The van der Waals surface area contributed by atoms with Crippen LogP contribution in [0.4, 0.5) is 0 Å². The Kier molecular flexibility index (Phi) is 10.7. The van der Waals surface area contributed by atoms with Crippen LogP contribution in [-0.4, -0.2) is 40.4 Å². The average Bonchev–Trinajstić information content (AvgIpc) is 2.95. The molecule has 7 heteroatoms. The van der Waals surface area contributed by atoms with Gasteiger partial charge in [-0.1, -0.05) is 45.4 Å². The first-order valence-electron chi connectivity index (χ1n) is 11.6. The number of nitrogens with one attached hydrogen (secondary N) is 2. The smallest absolute Gasteiger partial charge is 0.191 e. The third kappa shape index (κ3) is 7.10. The largest absolute Gasteiger partial charge is 0.356 e. The molecule has 0 spiro atoms. The molecule has 166 valence electrons. The van der Waals surface area contributed by atoms with Crippen LogP contribution in [0.2, 0.25) is 0 Å². The normalized spacial score (nSPS) is 20.2. The highest BCUT2D eigenvalue weighted by Gasteiger charge is 2.25. The molecular formula is C22H41IN6. The zero-order valence-corrected chi connectivity index (χ0v) is 21.0. The zero-order valence-electron chi connectivity index (χ0n) is 18.6. The predicted octanol–water partition coefficient (Wildman–Crippen LogP) is 4.33. The molecule has 0 saturated heterocycles. The van der Waals surface area contributed by atoms with Gasteiger partial charge in [-0.2, -0.15) is 0 Å². The number of aromatic nitrogens is 3. The van der Waals surface area contributed by atoms with Gasteiger partial charge in [-0.3, -0.25) is 4.99 Å². The van der Waals surface area contributed by atoms with Crippen molar-refractivity contribution in [1.82, 2.24) is 25.4 Å². The summed E-state index contributed by atoms with van der Waals surface area (Å²) in [5, 5.41) is 16.0. The number of rotatable bonds is 7. The molecule has 0 radical (unpaired) electrons. The molecule has 2 heterocycles. The third-order valence-electron chi connectivity index (χ3n) is 6.83. The SMILES string of the molecule is CN=C(NCCCc1nnc2n1CCCCC2)NC(C)C(C)C1CCCCC1.I. The van der Waals surface area contributed by atoms with Crippen molar-refractivity contribution in [2.75, 3.05) is 13.6 Å². The van der Waals surface area contributed by atoms with Crippen LogP contribution in [0.15, 0.2) is 4.99 Å². The van der Waals surface area contributed by atoms with E-state index in [4.69, 9.17) is 0 Å². The number of aliphatic imine (C=N–C) groups is 1. The van der Waals surface area contributed by atoms with E-state index in [1.807, 2.05) is 7.05 Å². The van der Waals surface area contributed by atoms with E-state index in [1.165, 1.54) is 57.2 Å². The molecule has 2 N–H and O–H groups in total. The summed E-state index contributed by atoms with van der Waals surface area (Å²) in [6.45, 7) is 6.70. The van der Waals surface area contributed by atoms with E-state index in [9.17, 15) is 0 Å². The molecule has 1 aliphatic carbocycles. The van der Waals surface area contributed by atoms with Crippen molar-refractivity contribution in [3.05, 3.63) is 11.6 Å². The second-order valence-corrected chi connectivity index (χ2v) is 8.79. The van der Waals surface area contributed by atoms with E-state index in [1.54, 1.807) is 0 Å². The lowest BCUT2D eigenvalue weighted by atomic mass is 9.78. The predicted molar refractivity (Wildman–Crippen MR) is 131 cm³/mol. The van der Waals surface area contributed by atoms with Crippen LogP contribution in [-0.2, 0) is 19.4 Å². The molecular weight excluding hydrogens is 475 g/mol. The van der Waals surface area contributed by atoms with Crippen LogP contribution in [0.3, 0.4) is 0 Å². The second kappa shape index (κ2) is 12.7. The van der Waals surface area contributed by atoms with Crippen molar-refractivity contribution in [3.8, 4) is 0 Å². The van der Waals surface area contributed by atoms with Crippen molar-refractivity contribution in [2.24, 2.45) is 16.8 Å². The number of guanidine groups is 1. The Labute approximate surface area is 194 Å². The van der Waals surface area contributed by atoms with Gasteiger partial charge in [0.15, 0.2) is 5.96 Å². The van der Waals surface area contributed by atoms with Gasteiger partial charge in [0.05, 0.1) is 0 Å². The molecule has 1 aromatic rings. The van der Waals surface area contributed by atoms with Gasteiger partial charge in [0.2, 0.25) is 0 Å². The highest BCUT2D eigenvalue weighted by atomic mass is 127. The Morgan fingerprint density at radius 2 is 1.86 bits per heavy atom. The minimum atomic E-state index is 0. The van der Waals surface area contributed by atoms with Gasteiger partial charge in [0.25, 0.3) is 0 Å². The fraction of sp³-hybridized carbons (Fsp3) is 0.864. The molecule has 2 unspecified atom stereocenters. The van der Waals surface area contributed by atoms with E-state index in [-0.39, 0.29) is 24.0 Å². The summed E-state index contributed by atoms with van der Waals surface area (Å²) < 4.78 is 2.36. The Balaban J connectivity index is 0.00000300. The van der Waals surface area contributed by atoms with Crippen LogP contribution < -0.4 is 10.6 Å². The maximum absolute atomic E-state index is 4.44. The van der Waals surface area contributed by atoms with Gasteiger partial charge in [-0.05, 0) is 38.0 Å². The number of hydrogen-bond donors (Lipinski definition) is 2.